The maximum Gasteiger partial charge on any atom is 0.416 e. The summed E-state index contributed by atoms with van der Waals surface area (Å²) in [5.74, 6) is -0.0370. The molecule has 168 valence electrons. The molecule has 1 aliphatic rings. The van der Waals surface area contributed by atoms with E-state index in [0.717, 1.165) is 41.9 Å². The molecule has 2 aromatic heterocycles. The number of nitrogens with one attached hydrogen (secondary N) is 1. The molecule has 0 aliphatic heterocycles. The molecular weight excluding hydrogens is 421 g/mol. The predicted molar refractivity (Wildman–Crippen MR) is 112 cm³/mol. The normalized spacial score (nSPS) is 15.8. The molecule has 1 N–H and O–H groups in total. The van der Waals surface area contributed by atoms with Crippen molar-refractivity contribution in [3.8, 4) is 11.6 Å². The number of rotatable bonds is 5. The Hall–Kier alpha value is -3.36. The van der Waals surface area contributed by atoms with E-state index in [2.05, 4.69) is 15.4 Å². The molecular formula is C23H23F3N4O2. The van der Waals surface area contributed by atoms with Crippen LogP contribution in [-0.4, -0.2) is 27.3 Å². The summed E-state index contributed by atoms with van der Waals surface area (Å²) >= 11 is 0. The predicted octanol–water partition coefficient (Wildman–Crippen LogP) is 4.80. The van der Waals surface area contributed by atoms with Crippen LogP contribution in [-0.2, 0) is 12.6 Å². The van der Waals surface area contributed by atoms with Crippen LogP contribution < -0.4 is 10.1 Å². The van der Waals surface area contributed by atoms with Crippen LogP contribution in [0, 0.1) is 6.92 Å². The zero-order valence-corrected chi connectivity index (χ0v) is 17.7. The first kappa shape index (κ1) is 21.9. The third-order valence-corrected chi connectivity index (χ3v) is 5.49. The van der Waals surface area contributed by atoms with Gasteiger partial charge in [-0.1, -0.05) is 6.07 Å². The molecule has 1 atom stereocenters. The van der Waals surface area contributed by atoms with E-state index >= 15 is 0 Å². The maximum atomic E-state index is 13.1. The summed E-state index contributed by atoms with van der Waals surface area (Å²) in [4.78, 5) is 17.0. The van der Waals surface area contributed by atoms with Gasteiger partial charge in [-0.25, -0.2) is 9.67 Å². The minimum Gasteiger partial charge on any atom is -0.478 e. The molecule has 6 nitrogen and oxygen atoms in total. The summed E-state index contributed by atoms with van der Waals surface area (Å²) in [6.45, 7) is 3.99. The van der Waals surface area contributed by atoms with Crippen LogP contribution in [0.15, 0.2) is 42.7 Å². The van der Waals surface area contributed by atoms with Gasteiger partial charge in [-0.3, -0.25) is 4.79 Å². The van der Waals surface area contributed by atoms with Crippen LogP contribution >= 0.6 is 0 Å². The van der Waals surface area contributed by atoms with E-state index in [0.29, 0.717) is 24.5 Å². The number of hydrogen-bond donors (Lipinski definition) is 1. The van der Waals surface area contributed by atoms with Gasteiger partial charge in [0.25, 0.3) is 5.91 Å². The quantitative estimate of drug-likeness (QED) is 0.614. The second kappa shape index (κ2) is 8.64. The first-order chi connectivity index (χ1) is 15.3. The second-order valence-electron chi connectivity index (χ2n) is 7.71. The molecule has 32 heavy (non-hydrogen) atoms. The monoisotopic (exact) mass is 444 g/mol. The Balaban J connectivity index is 1.59. The highest BCUT2D eigenvalue weighted by Gasteiger charge is 2.32. The topological polar surface area (TPSA) is 69.0 Å². The van der Waals surface area contributed by atoms with Gasteiger partial charge >= 0.3 is 6.18 Å². The lowest BCUT2D eigenvalue weighted by Crippen LogP contribution is -2.31. The number of fused-ring (bicyclic) bond motifs is 1. The first-order valence-corrected chi connectivity index (χ1v) is 10.4. The summed E-state index contributed by atoms with van der Waals surface area (Å²) in [7, 11) is 0. The van der Waals surface area contributed by atoms with Gasteiger partial charge < -0.3 is 10.1 Å². The molecule has 0 saturated carbocycles. The average molecular weight is 444 g/mol. The van der Waals surface area contributed by atoms with Crippen LogP contribution in [0.2, 0.25) is 0 Å². The van der Waals surface area contributed by atoms with E-state index in [1.165, 1.54) is 6.07 Å². The lowest BCUT2D eigenvalue weighted by Gasteiger charge is -2.23. The molecule has 3 aromatic rings. The summed E-state index contributed by atoms with van der Waals surface area (Å²) in [6.07, 6.45) is 1.24. The Kier molecular flexibility index (Phi) is 5.90. The molecule has 0 bridgehead atoms. The highest BCUT2D eigenvalue weighted by molar-refractivity contribution is 5.96. The van der Waals surface area contributed by atoms with Crippen molar-refractivity contribution in [1.29, 1.82) is 0 Å². The van der Waals surface area contributed by atoms with Gasteiger partial charge in [-0.2, -0.15) is 18.3 Å². The lowest BCUT2D eigenvalue weighted by molar-refractivity contribution is -0.137. The van der Waals surface area contributed by atoms with E-state index in [-0.39, 0.29) is 11.6 Å². The number of aromatic nitrogens is 3. The fourth-order valence-electron chi connectivity index (χ4n) is 3.87. The number of hydrogen-bond acceptors (Lipinski definition) is 4. The molecule has 1 aromatic carbocycles. The van der Waals surface area contributed by atoms with Crippen LogP contribution in [0.1, 0.15) is 58.5 Å². The van der Waals surface area contributed by atoms with Gasteiger partial charge in [-0.15, -0.1) is 0 Å². The molecule has 0 saturated heterocycles. The molecule has 0 radical (unpaired) electrons. The van der Waals surface area contributed by atoms with Crippen LogP contribution in [0.25, 0.3) is 5.69 Å². The maximum absolute atomic E-state index is 13.1. The van der Waals surface area contributed by atoms with Crippen molar-refractivity contribution in [1.82, 2.24) is 20.1 Å². The fourth-order valence-corrected chi connectivity index (χ4v) is 3.87. The molecule has 0 spiro atoms. The molecule has 0 fully saturated rings. The van der Waals surface area contributed by atoms with E-state index in [9.17, 15) is 18.0 Å². The van der Waals surface area contributed by atoms with Gasteiger partial charge in [-0.05, 0) is 56.9 Å². The van der Waals surface area contributed by atoms with Crippen molar-refractivity contribution >= 4 is 5.91 Å². The number of aryl methyl sites for hydroxylation is 2. The van der Waals surface area contributed by atoms with E-state index in [4.69, 9.17) is 4.74 Å². The van der Waals surface area contributed by atoms with Crippen molar-refractivity contribution in [2.45, 2.75) is 45.3 Å². The van der Waals surface area contributed by atoms with E-state index in [1.807, 2.05) is 13.1 Å². The fraction of sp³-hybridized carbons (Fsp3) is 0.348. The Morgan fingerprint density at radius 3 is 2.84 bits per heavy atom. The largest absolute Gasteiger partial charge is 0.478 e. The third-order valence-electron chi connectivity index (χ3n) is 5.49. The van der Waals surface area contributed by atoms with Crippen molar-refractivity contribution < 1.29 is 22.7 Å². The van der Waals surface area contributed by atoms with Crippen molar-refractivity contribution in [2.75, 3.05) is 6.61 Å². The van der Waals surface area contributed by atoms with Gasteiger partial charge in [0.15, 0.2) is 0 Å². The first-order valence-electron chi connectivity index (χ1n) is 10.4. The molecule has 9 heteroatoms. The lowest BCUT2D eigenvalue weighted by atomic mass is 9.92. The van der Waals surface area contributed by atoms with Crippen LogP contribution in [0.4, 0.5) is 13.2 Å². The van der Waals surface area contributed by atoms with E-state index < -0.39 is 17.6 Å². The average Bonchev–Trinajstić information content (AvgIpc) is 3.19. The Labute approximate surface area is 183 Å². The number of halogens is 3. The summed E-state index contributed by atoms with van der Waals surface area (Å²) in [6, 6.07) is 6.47. The zero-order chi connectivity index (χ0) is 22.9. The number of pyridine rings is 1. The number of carbonyl (C=O) groups is 1. The van der Waals surface area contributed by atoms with Gasteiger partial charge in [0.05, 0.1) is 29.6 Å². The number of benzene rings is 1. The second-order valence-corrected chi connectivity index (χ2v) is 7.71. The molecule has 1 aliphatic carbocycles. The Morgan fingerprint density at radius 1 is 1.28 bits per heavy atom. The van der Waals surface area contributed by atoms with Crippen molar-refractivity contribution in [3.05, 3.63) is 70.7 Å². The summed E-state index contributed by atoms with van der Waals surface area (Å²) < 4.78 is 46.5. The summed E-state index contributed by atoms with van der Waals surface area (Å²) in [5, 5.41) is 7.56. The van der Waals surface area contributed by atoms with Crippen molar-refractivity contribution in [2.24, 2.45) is 0 Å². The number of nitrogens with zero attached hydrogens (tertiary/aromatic N) is 3. The van der Waals surface area contributed by atoms with Crippen LogP contribution in [0.5, 0.6) is 5.88 Å². The Morgan fingerprint density at radius 2 is 2.09 bits per heavy atom. The molecule has 1 unspecified atom stereocenters. The third kappa shape index (κ3) is 4.46. The number of amides is 1. The standard InChI is InChI=1S/C23H23F3N4O2/c1-3-32-21-12-16(9-10-27-21)30-13-18-19(5-4-6-20(18)29-30)28-22(31)17-11-15(23(24,25)26)8-7-14(17)2/h7-13,19H,3-6H2,1-2H3,(H,28,31). The highest BCUT2D eigenvalue weighted by atomic mass is 19.4. The number of carbonyl (C=O) groups excluding carboxylic acids is 1. The SMILES string of the molecule is CCOc1cc(-n2cc3c(n2)CCCC3NC(=O)c2cc(C(F)(F)F)ccc2C)ccn1. The number of alkyl halides is 3. The molecule has 1 amide bonds. The van der Waals surface area contributed by atoms with Crippen LogP contribution in [0.3, 0.4) is 0 Å². The molecule has 4 rings (SSSR count). The van der Waals surface area contributed by atoms with Gasteiger partial charge in [0.1, 0.15) is 0 Å². The number of ether oxygens (including phenoxy) is 1. The minimum atomic E-state index is -4.51. The highest BCUT2D eigenvalue weighted by Crippen LogP contribution is 2.32. The van der Waals surface area contributed by atoms with Crippen molar-refractivity contribution in [3.63, 3.8) is 0 Å². The van der Waals surface area contributed by atoms with Gasteiger partial charge in [0.2, 0.25) is 5.88 Å². The van der Waals surface area contributed by atoms with Gasteiger partial charge in [0, 0.05) is 29.6 Å². The minimum absolute atomic E-state index is 0.0230. The van der Waals surface area contributed by atoms with E-state index in [1.54, 1.807) is 29.9 Å². The molecule has 2 heterocycles. The smallest absolute Gasteiger partial charge is 0.416 e. The zero-order valence-electron chi connectivity index (χ0n) is 17.7. The summed E-state index contributed by atoms with van der Waals surface area (Å²) in [5.41, 5.74) is 2.17. The Bertz CT molecular complexity index is 1140.